The summed E-state index contributed by atoms with van der Waals surface area (Å²) in [5, 5.41) is 27.6. The summed E-state index contributed by atoms with van der Waals surface area (Å²) in [5.74, 6) is -1.92. The molecule has 264 valence electrons. The highest BCUT2D eigenvalue weighted by Crippen LogP contribution is 2.60. The number of aromatic nitrogens is 1. The van der Waals surface area contributed by atoms with E-state index in [1.54, 1.807) is 0 Å². The number of aliphatic hydroxyl groups excluding tert-OH is 1. The smallest absolute Gasteiger partial charge is 0.265 e. The van der Waals surface area contributed by atoms with Crippen molar-refractivity contribution in [3.05, 3.63) is 39.8 Å². The van der Waals surface area contributed by atoms with Gasteiger partial charge < -0.3 is 33.4 Å². The number of nitrogens with zero attached hydrogens (tertiary/aromatic N) is 2. The zero-order valence-electron chi connectivity index (χ0n) is 30.1. The molecule has 1 aromatic heterocycles. The van der Waals surface area contributed by atoms with Gasteiger partial charge in [0, 0.05) is 23.1 Å². The summed E-state index contributed by atoms with van der Waals surface area (Å²) >= 11 is 0. The van der Waals surface area contributed by atoms with E-state index in [-0.39, 0.29) is 39.1 Å². The summed E-state index contributed by atoms with van der Waals surface area (Å²) < 4.78 is 30.8. The van der Waals surface area contributed by atoms with Gasteiger partial charge in [-0.1, -0.05) is 47.5 Å². The molecule has 2 N–H and O–H groups in total. The van der Waals surface area contributed by atoms with Crippen LogP contribution < -0.4 is 14.2 Å². The van der Waals surface area contributed by atoms with Crippen molar-refractivity contribution in [3.63, 3.8) is 0 Å². The number of methoxy groups -OCH3 is 1. The van der Waals surface area contributed by atoms with Crippen LogP contribution in [0.15, 0.2) is 21.9 Å². The van der Waals surface area contributed by atoms with E-state index >= 15 is 4.79 Å². The maximum absolute atomic E-state index is 15.2. The highest BCUT2D eigenvalue weighted by Gasteiger charge is 2.67. The second kappa shape index (κ2) is 13.2. The van der Waals surface area contributed by atoms with Gasteiger partial charge in [0.15, 0.2) is 37.0 Å². The van der Waals surface area contributed by atoms with Gasteiger partial charge in [0.1, 0.15) is 17.1 Å². The molecule has 0 saturated carbocycles. The number of Topliss-reactive ketones (excluding diaryl/α,β-unsaturated/α-hetero) is 2. The molecule has 2 aromatic rings. The van der Waals surface area contributed by atoms with Gasteiger partial charge in [0.2, 0.25) is 5.78 Å². The molecular formula is C36H52N2O9Si. The quantitative estimate of drug-likeness (QED) is 0.173. The monoisotopic (exact) mass is 684 g/mol. The van der Waals surface area contributed by atoms with Crippen LogP contribution in [0.5, 0.6) is 23.1 Å². The molecule has 0 radical (unpaired) electrons. The van der Waals surface area contributed by atoms with E-state index in [0.29, 0.717) is 43.1 Å². The molecule has 0 unspecified atom stereocenters. The number of hydrogen-bond acceptors (Lipinski definition) is 11. The van der Waals surface area contributed by atoms with Crippen LogP contribution in [-0.4, -0.2) is 80.2 Å². The topological polar surface area (TPSA) is 141 Å². The highest BCUT2D eigenvalue weighted by molar-refractivity contribution is 6.74. The van der Waals surface area contributed by atoms with Crippen LogP contribution in [0.4, 0.5) is 0 Å². The molecule has 0 aliphatic heterocycles. The molecule has 48 heavy (non-hydrogen) atoms. The van der Waals surface area contributed by atoms with Crippen molar-refractivity contribution in [1.29, 1.82) is 0 Å². The first kappa shape index (κ1) is 35.9. The lowest BCUT2D eigenvalue weighted by Gasteiger charge is -2.55. The molecule has 11 nitrogen and oxygen atoms in total. The SMILES string of the molecule is CCCCOc1noc2c1C(=O)[C@@]1(O[Si](C)(C)C(C)(C)C)C(O)=C3C(=O)c4c(c(OC)cc(O)c4OCCCC)C[C@H]3C[C@H]1[C@@H]2N(C)C. The number of carbonyl (C=O) groups is 2. The number of fused-ring (bicyclic) bond motifs is 4. The average molecular weight is 685 g/mol. The Balaban J connectivity index is 1.79. The first-order chi connectivity index (χ1) is 22.6. The van der Waals surface area contributed by atoms with Gasteiger partial charge in [-0.3, -0.25) is 14.5 Å². The number of benzene rings is 1. The van der Waals surface area contributed by atoms with Gasteiger partial charge in [0.05, 0.1) is 31.9 Å². The maximum Gasteiger partial charge on any atom is 0.265 e. The first-order valence-electron chi connectivity index (χ1n) is 17.1. The van der Waals surface area contributed by atoms with E-state index in [2.05, 4.69) is 25.9 Å². The minimum Gasteiger partial charge on any atom is -0.508 e. The summed E-state index contributed by atoms with van der Waals surface area (Å²) in [7, 11) is 2.44. The zero-order valence-corrected chi connectivity index (χ0v) is 31.1. The average Bonchev–Trinajstić information content (AvgIpc) is 3.42. The number of unbranched alkanes of at least 4 members (excludes halogenated alkanes) is 2. The number of phenolic OH excluding ortho intramolecular Hbond substituents is 1. The van der Waals surface area contributed by atoms with Gasteiger partial charge >= 0.3 is 0 Å². The lowest BCUT2D eigenvalue weighted by molar-refractivity contribution is -0.0480. The van der Waals surface area contributed by atoms with E-state index in [0.717, 1.165) is 25.7 Å². The minimum atomic E-state index is -2.84. The van der Waals surface area contributed by atoms with Crippen molar-refractivity contribution in [1.82, 2.24) is 10.1 Å². The molecule has 1 aromatic carbocycles. The summed E-state index contributed by atoms with van der Waals surface area (Å²) in [4.78, 5) is 31.9. The molecular weight excluding hydrogens is 632 g/mol. The number of ketones is 2. The van der Waals surface area contributed by atoms with Crippen LogP contribution in [0, 0.1) is 11.8 Å². The predicted molar refractivity (Wildman–Crippen MR) is 183 cm³/mol. The molecule has 0 bridgehead atoms. The van der Waals surface area contributed by atoms with Crippen molar-refractivity contribution in [2.75, 3.05) is 34.4 Å². The van der Waals surface area contributed by atoms with Crippen molar-refractivity contribution in [2.45, 2.75) is 103 Å². The lowest BCUT2D eigenvalue weighted by Crippen LogP contribution is -2.65. The Kier molecular flexibility index (Phi) is 9.86. The third-order valence-corrected chi connectivity index (χ3v) is 15.2. The van der Waals surface area contributed by atoms with Gasteiger partial charge in [-0.25, -0.2) is 0 Å². The molecule has 5 rings (SSSR count). The molecule has 3 aliphatic carbocycles. The van der Waals surface area contributed by atoms with E-state index in [1.165, 1.54) is 13.2 Å². The van der Waals surface area contributed by atoms with Gasteiger partial charge in [-0.15, -0.1) is 0 Å². The minimum absolute atomic E-state index is 0.0542. The Morgan fingerprint density at radius 1 is 1.06 bits per heavy atom. The number of aliphatic hydroxyl groups is 1. The van der Waals surface area contributed by atoms with Crippen LogP contribution in [0.3, 0.4) is 0 Å². The number of aromatic hydroxyl groups is 1. The Morgan fingerprint density at radius 2 is 1.71 bits per heavy atom. The fourth-order valence-electron chi connectivity index (χ4n) is 7.20. The summed E-state index contributed by atoms with van der Waals surface area (Å²) in [6.45, 7) is 15.0. The molecule has 4 atom stereocenters. The van der Waals surface area contributed by atoms with Crippen LogP contribution in [-0.2, 0) is 10.8 Å². The fraction of sp³-hybridized carbons (Fsp3) is 0.639. The first-order valence-corrected chi connectivity index (χ1v) is 20.1. The normalized spacial score (nSPS) is 23.9. The van der Waals surface area contributed by atoms with Crippen molar-refractivity contribution in [2.24, 2.45) is 11.8 Å². The Morgan fingerprint density at radius 3 is 2.29 bits per heavy atom. The van der Waals surface area contributed by atoms with Gasteiger partial charge in [0.25, 0.3) is 5.88 Å². The standard InChI is InChI=1S/C36H52N2O9Si/c1-11-13-15-44-30-23(39)19-24(43-8)21-17-20-18-22-28(38(6)7)31-27(34(37-46-31)45-16-14-12-2)33(42)36(22,47-48(9,10)35(3,4)5)32(41)25(20)29(40)26(21)30/h19-20,22,28,39,41H,11-18H2,1-10H3/t20-,22-,28-,36-/m0/s1. The number of carbonyl (C=O) groups excluding carboxylic acids is 2. The molecule has 0 spiro atoms. The number of rotatable bonds is 12. The van der Waals surface area contributed by atoms with Gasteiger partial charge in [-0.2, -0.15) is 0 Å². The van der Waals surface area contributed by atoms with Crippen molar-refractivity contribution >= 4 is 19.9 Å². The van der Waals surface area contributed by atoms with Gasteiger partial charge in [-0.05, 0) is 69.0 Å². The summed E-state index contributed by atoms with van der Waals surface area (Å²) in [5.41, 5.74) is -0.936. The third kappa shape index (κ3) is 5.63. The van der Waals surface area contributed by atoms with E-state index in [4.69, 9.17) is 23.2 Å². The van der Waals surface area contributed by atoms with Crippen LogP contribution in [0.25, 0.3) is 0 Å². The number of ether oxygens (including phenoxy) is 3. The molecule has 1 heterocycles. The second-order valence-electron chi connectivity index (χ2n) is 15.1. The largest absolute Gasteiger partial charge is 0.508 e. The van der Waals surface area contributed by atoms with E-state index < -0.39 is 49.1 Å². The summed E-state index contributed by atoms with van der Waals surface area (Å²) in [6, 6.07) is 0.942. The Bertz CT molecular complexity index is 1600. The molecule has 12 heteroatoms. The number of hydrogen-bond donors (Lipinski definition) is 2. The fourth-order valence-corrected chi connectivity index (χ4v) is 8.65. The zero-order chi connectivity index (χ0) is 35.3. The molecule has 0 amide bonds. The number of allylic oxidation sites excluding steroid dienone is 1. The molecule has 3 aliphatic rings. The van der Waals surface area contributed by atoms with Crippen molar-refractivity contribution in [3.8, 4) is 23.1 Å². The maximum atomic E-state index is 15.2. The summed E-state index contributed by atoms with van der Waals surface area (Å²) in [6.07, 6.45) is 3.88. The van der Waals surface area contributed by atoms with E-state index in [1.807, 2.05) is 45.9 Å². The Labute approximate surface area is 284 Å². The van der Waals surface area contributed by atoms with Crippen molar-refractivity contribution < 1.29 is 43.0 Å². The third-order valence-electron chi connectivity index (χ3n) is 10.7. The molecule has 0 fully saturated rings. The van der Waals surface area contributed by atoms with Crippen LogP contribution in [0.1, 0.15) is 105 Å². The number of phenols is 1. The lowest BCUT2D eigenvalue weighted by atomic mass is 9.58. The van der Waals surface area contributed by atoms with Crippen LogP contribution >= 0.6 is 0 Å². The van der Waals surface area contributed by atoms with E-state index in [9.17, 15) is 15.0 Å². The van der Waals surface area contributed by atoms with Crippen LogP contribution in [0.2, 0.25) is 18.1 Å². The Hall–Kier alpha value is -3.35. The molecule has 0 saturated heterocycles. The predicted octanol–water partition coefficient (Wildman–Crippen LogP) is 7.19. The second-order valence-corrected chi connectivity index (χ2v) is 19.8. The highest BCUT2D eigenvalue weighted by atomic mass is 28.4.